The first-order valence-corrected chi connectivity index (χ1v) is 5.91. The molecule has 1 aromatic rings. The number of aliphatic hydroxyl groups is 1. The molecule has 0 bridgehead atoms. The van der Waals surface area contributed by atoms with Gasteiger partial charge in [0.2, 0.25) is 11.6 Å². The minimum absolute atomic E-state index is 0.0254. The van der Waals surface area contributed by atoms with E-state index in [9.17, 15) is 4.91 Å². The van der Waals surface area contributed by atoms with Crippen LogP contribution >= 0.6 is 0 Å². The summed E-state index contributed by atoms with van der Waals surface area (Å²) in [6, 6.07) is 0. The smallest absolute Gasteiger partial charge is 0.396 e. The van der Waals surface area contributed by atoms with Crippen molar-refractivity contribution < 1.29 is 20.0 Å². The maximum absolute atomic E-state index is 11.0. The van der Waals surface area contributed by atoms with Crippen molar-refractivity contribution in [2.75, 3.05) is 17.7 Å². The fraction of sp³-hybridized carbons (Fsp3) is 0.600. The summed E-state index contributed by atoms with van der Waals surface area (Å²) in [4.78, 5) is 18.1. The molecule has 0 aromatic carbocycles. The van der Waals surface area contributed by atoms with Crippen molar-refractivity contribution in [2.24, 2.45) is 0 Å². The van der Waals surface area contributed by atoms with Gasteiger partial charge in [0.15, 0.2) is 0 Å². The van der Waals surface area contributed by atoms with Gasteiger partial charge >= 0.3 is 5.69 Å². The molecule has 0 spiro atoms. The van der Waals surface area contributed by atoms with Gasteiger partial charge in [0.25, 0.3) is 4.92 Å². The highest BCUT2D eigenvalue weighted by atomic mass is 16.6. The van der Waals surface area contributed by atoms with Crippen LogP contribution in [0.1, 0.15) is 19.3 Å². The molecule has 1 fully saturated rings. The fourth-order valence-corrected chi connectivity index (χ4v) is 2.01. The molecule has 0 amide bonds. The molecule has 0 aliphatic carbocycles. The van der Waals surface area contributed by atoms with Crippen molar-refractivity contribution in [1.29, 1.82) is 0 Å². The summed E-state index contributed by atoms with van der Waals surface area (Å²) in [7, 11) is 0. The van der Waals surface area contributed by atoms with Crippen molar-refractivity contribution in [3.63, 3.8) is 0 Å². The average molecular weight is 270 g/mol. The predicted octanol–water partition coefficient (Wildman–Crippen LogP) is 0.158. The molecule has 9 heteroatoms. The van der Waals surface area contributed by atoms with Gasteiger partial charge in [-0.15, -0.1) is 0 Å². The maximum atomic E-state index is 11.0. The Labute approximate surface area is 109 Å². The Morgan fingerprint density at radius 1 is 1.53 bits per heavy atom. The monoisotopic (exact) mass is 270 g/mol. The second-order valence-corrected chi connectivity index (χ2v) is 4.21. The molecule has 0 saturated carbocycles. The van der Waals surface area contributed by atoms with Gasteiger partial charge in [0.05, 0.1) is 11.0 Å². The number of hydrogen-bond acceptors (Lipinski definition) is 7. The van der Waals surface area contributed by atoms with E-state index in [-0.39, 0.29) is 41.2 Å². The van der Waals surface area contributed by atoms with Gasteiger partial charge in [-0.3, -0.25) is 0 Å². The van der Waals surface area contributed by atoms with Gasteiger partial charge in [-0.05, 0) is 19.3 Å². The van der Waals surface area contributed by atoms with E-state index in [1.165, 1.54) is 6.33 Å². The van der Waals surface area contributed by atoms with Crippen molar-refractivity contribution in [3.8, 4) is 0 Å². The standard InChI is InChI=1S/C10H16N5O4/c11-9-8(15(17)18)10(13-5-12-9)14-7-2-1-6(19-7)3-4-16/h5-7,16H,1-4H2,(H,17,18)(H3,11,12,13,14)/q+1/t6-,7?/m0/s1. The van der Waals surface area contributed by atoms with Crippen LogP contribution in [0, 0.1) is 4.91 Å². The molecular weight excluding hydrogens is 254 g/mol. The lowest BCUT2D eigenvalue weighted by Crippen LogP contribution is -2.22. The van der Waals surface area contributed by atoms with Crippen LogP contribution in [0.3, 0.4) is 0 Å². The molecule has 19 heavy (non-hydrogen) atoms. The molecule has 0 radical (unpaired) electrons. The van der Waals surface area contributed by atoms with E-state index in [0.29, 0.717) is 12.8 Å². The number of nitrogens with two attached hydrogens (primary N) is 1. The van der Waals surface area contributed by atoms with Crippen LogP contribution in [0.4, 0.5) is 17.3 Å². The Balaban J connectivity index is 2.08. The van der Waals surface area contributed by atoms with E-state index in [1.807, 2.05) is 0 Å². The number of nitrogens with one attached hydrogen (secondary N) is 1. The Morgan fingerprint density at radius 2 is 2.32 bits per heavy atom. The fourth-order valence-electron chi connectivity index (χ4n) is 2.01. The number of nitrogens with zero attached hydrogens (tertiary/aromatic N) is 3. The van der Waals surface area contributed by atoms with Crippen LogP contribution in [0.2, 0.25) is 0 Å². The number of nitrogen functional groups attached to an aromatic ring is 1. The van der Waals surface area contributed by atoms with E-state index in [2.05, 4.69) is 15.3 Å². The third kappa shape index (κ3) is 3.06. The van der Waals surface area contributed by atoms with Crippen LogP contribution in [0.5, 0.6) is 0 Å². The summed E-state index contributed by atoms with van der Waals surface area (Å²) in [6.07, 6.45) is 2.88. The molecule has 5 N–H and O–H groups in total. The molecule has 1 saturated heterocycles. The first kappa shape index (κ1) is 13.4. The summed E-state index contributed by atoms with van der Waals surface area (Å²) in [5.41, 5.74) is 5.27. The Kier molecular flexibility index (Phi) is 4.07. The van der Waals surface area contributed by atoms with Gasteiger partial charge < -0.3 is 20.9 Å². The number of anilines is 2. The lowest BCUT2D eigenvalue weighted by Gasteiger charge is -2.14. The maximum Gasteiger partial charge on any atom is 0.399 e. The molecule has 2 atom stereocenters. The lowest BCUT2D eigenvalue weighted by molar-refractivity contribution is -0.728. The van der Waals surface area contributed by atoms with Crippen molar-refractivity contribution in [3.05, 3.63) is 11.2 Å². The van der Waals surface area contributed by atoms with Crippen molar-refractivity contribution in [1.82, 2.24) is 9.97 Å². The van der Waals surface area contributed by atoms with Gasteiger partial charge in [0, 0.05) is 6.61 Å². The highest BCUT2D eigenvalue weighted by molar-refractivity contribution is 5.66. The summed E-state index contributed by atoms with van der Waals surface area (Å²) < 4.78 is 5.61. The van der Waals surface area contributed by atoms with Crippen LogP contribution < -0.4 is 11.1 Å². The molecule has 2 rings (SSSR count). The third-order valence-corrected chi connectivity index (χ3v) is 2.90. The molecule has 9 nitrogen and oxygen atoms in total. The summed E-state index contributed by atoms with van der Waals surface area (Å²) in [6.45, 7) is 0.0636. The average Bonchev–Trinajstić information content (AvgIpc) is 2.76. The first-order valence-electron chi connectivity index (χ1n) is 5.91. The number of aromatic nitrogens is 2. The number of aliphatic hydroxyl groups excluding tert-OH is 1. The zero-order valence-electron chi connectivity index (χ0n) is 10.2. The highest BCUT2D eigenvalue weighted by Gasteiger charge is 2.30. The topological polar surface area (TPSA) is 134 Å². The molecular formula is C10H16N5O4+. The van der Waals surface area contributed by atoms with Gasteiger partial charge in [-0.1, -0.05) is 0 Å². The van der Waals surface area contributed by atoms with Crippen molar-refractivity contribution >= 4 is 17.3 Å². The summed E-state index contributed by atoms with van der Waals surface area (Å²) in [5.74, 6) is -0.0143. The molecule has 1 aromatic heterocycles. The minimum atomic E-state index is -0.377. The van der Waals surface area contributed by atoms with E-state index in [1.54, 1.807) is 0 Å². The van der Waals surface area contributed by atoms with E-state index >= 15 is 0 Å². The number of hydrogen-bond donors (Lipinski definition) is 4. The first-order chi connectivity index (χ1) is 9.11. The second kappa shape index (κ2) is 5.76. The lowest BCUT2D eigenvalue weighted by atomic mass is 10.2. The second-order valence-electron chi connectivity index (χ2n) is 4.21. The van der Waals surface area contributed by atoms with Crippen molar-refractivity contribution in [2.45, 2.75) is 31.6 Å². The molecule has 2 heterocycles. The van der Waals surface area contributed by atoms with Crippen LogP contribution in [-0.2, 0) is 4.74 Å². The van der Waals surface area contributed by atoms with Gasteiger partial charge in [-0.25, -0.2) is 15.2 Å². The third-order valence-electron chi connectivity index (χ3n) is 2.90. The Bertz CT molecular complexity index is 469. The zero-order valence-corrected chi connectivity index (χ0v) is 10.2. The number of rotatable bonds is 5. The highest BCUT2D eigenvalue weighted by Crippen LogP contribution is 2.29. The number of ether oxygens (including phenoxy) is 1. The minimum Gasteiger partial charge on any atom is -0.396 e. The predicted molar refractivity (Wildman–Crippen MR) is 64.7 cm³/mol. The van der Waals surface area contributed by atoms with Gasteiger partial charge in [0.1, 0.15) is 12.6 Å². The molecule has 104 valence electrons. The molecule has 1 unspecified atom stereocenters. The largest absolute Gasteiger partial charge is 0.399 e. The summed E-state index contributed by atoms with van der Waals surface area (Å²) in [5, 5.41) is 20.7. The van der Waals surface area contributed by atoms with Crippen LogP contribution in [0.25, 0.3) is 0 Å². The van der Waals surface area contributed by atoms with E-state index in [4.69, 9.17) is 20.8 Å². The quantitative estimate of drug-likeness (QED) is 0.556. The normalized spacial score (nSPS) is 22.4. The SMILES string of the molecule is Nc1ncnc(NC2CC[C@@H](CCO)O2)c1[N+](=O)O. The Hall–Kier alpha value is -2.00. The van der Waals surface area contributed by atoms with E-state index in [0.717, 1.165) is 6.42 Å². The zero-order chi connectivity index (χ0) is 13.8. The van der Waals surface area contributed by atoms with Crippen LogP contribution in [-0.4, -0.2) is 44.1 Å². The molecule has 1 aliphatic heterocycles. The van der Waals surface area contributed by atoms with E-state index < -0.39 is 0 Å². The molecule has 1 aliphatic rings. The van der Waals surface area contributed by atoms with Gasteiger partial charge in [-0.2, -0.15) is 0 Å². The Morgan fingerprint density at radius 3 is 3.00 bits per heavy atom. The van der Waals surface area contributed by atoms with Crippen LogP contribution in [0.15, 0.2) is 6.33 Å². The summed E-state index contributed by atoms with van der Waals surface area (Å²) >= 11 is 0.